The molecule has 0 amide bonds. The van der Waals surface area contributed by atoms with Gasteiger partial charge in [-0.15, -0.1) is 0 Å². The molecule has 2 rings (SSSR count). The molecule has 3 nitrogen and oxygen atoms in total. The summed E-state index contributed by atoms with van der Waals surface area (Å²) < 4.78 is 5.98. The average molecular weight is 286 g/mol. The molecule has 1 N–H and O–H groups in total. The van der Waals surface area contributed by atoms with Gasteiger partial charge >= 0.3 is 0 Å². The van der Waals surface area contributed by atoms with Gasteiger partial charge in [-0.3, -0.25) is 0 Å². The predicted molar refractivity (Wildman–Crippen MR) is 88.6 cm³/mol. The standard InChI is InChI=1S/C18H26N2O/c1-4-5-11-20(16-9-7-6-8-10-16)14-17-12-15(2)18(21-17)13-19-3/h6-10,12,19H,4-5,11,13-14H2,1-3H3. The van der Waals surface area contributed by atoms with Gasteiger partial charge in [0.05, 0.1) is 13.1 Å². The number of unbranched alkanes of at least 4 members (excludes halogenated alkanes) is 1. The molecule has 114 valence electrons. The van der Waals surface area contributed by atoms with Crippen molar-refractivity contribution in [1.29, 1.82) is 0 Å². The molecule has 0 atom stereocenters. The Labute approximate surface area is 128 Å². The van der Waals surface area contributed by atoms with Crippen LogP contribution in [-0.2, 0) is 13.1 Å². The average Bonchev–Trinajstić information content (AvgIpc) is 2.85. The molecule has 0 aliphatic heterocycles. The minimum Gasteiger partial charge on any atom is -0.463 e. The summed E-state index contributed by atoms with van der Waals surface area (Å²) in [6.45, 7) is 7.01. The van der Waals surface area contributed by atoms with Gasteiger partial charge in [0, 0.05) is 12.2 Å². The van der Waals surface area contributed by atoms with E-state index in [0.29, 0.717) is 0 Å². The van der Waals surface area contributed by atoms with Crippen molar-refractivity contribution in [3.63, 3.8) is 0 Å². The topological polar surface area (TPSA) is 28.4 Å². The second-order valence-electron chi connectivity index (χ2n) is 5.46. The van der Waals surface area contributed by atoms with Crippen LogP contribution in [0.15, 0.2) is 40.8 Å². The van der Waals surface area contributed by atoms with E-state index in [0.717, 1.165) is 31.2 Å². The van der Waals surface area contributed by atoms with Gasteiger partial charge in [0.2, 0.25) is 0 Å². The van der Waals surface area contributed by atoms with Gasteiger partial charge < -0.3 is 14.6 Å². The molecule has 0 fully saturated rings. The molecule has 0 aliphatic rings. The SMILES string of the molecule is CCCCN(Cc1cc(C)c(CNC)o1)c1ccccc1. The summed E-state index contributed by atoms with van der Waals surface area (Å²) in [5, 5.41) is 3.15. The van der Waals surface area contributed by atoms with E-state index in [9.17, 15) is 0 Å². The number of nitrogens with zero attached hydrogens (tertiary/aromatic N) is 1. The number of furan rings is 1. The fourth-order valence-electron chi connectivity index (χ4n) is 2.48. The van der Waals surface area contributed by atoms with Crippen LogP contribution in [0.2, 0.25) is 0 Å². The van der Waals surface area contributed by atoms with Crippen LogP contribution in [0.1, 0.15) is 36.8 Å². The summed E-state index contributed by atoms with van der Waals surface area (Å²) in [4.78, 5) is 2.39. The Bertz CT molecular complexity index is 533. The lowest BCUT2D eigenvalue weighted by atomic mass is 10.2. The number of anilines is 1. The zero-order valence-electron chi connectivity index (χ0n) is 13.4. The van der Waals surface area contributed by atoms with Gasteiger partial charge in [-0.1, -0.05) is 31.5 Å². The van der Waals surface area contributed by atoms with E-state index in [4.69, 9.17) is 4.42 Å². The normalized spacial score (nSPS) is 10.8. The molecule has 0 saturated carbocycles. The van der Waals surface area contributed by atoms with E-state index in [2.05, 4.69) is 60.5 Å². The Kier molecular flexibility index (Phi) is 5.88. The Morgan fingerprint density at radius 2 is 1.95 bits per heavy atom. The van der Waals surface area contributed by atoms with Crippen LogP contribution in [0.25, 0.3) is 0 Å². The van der Waals surface area contributed by atoms with E-state index >= 15 is 0 Å². The Hall–Kier alpha value is -1.74. The monoisotopic (exact) mass is 286 g/mol. The van der Waals surface area contributed by atoms with Gasteiger partial charge in [-0.2, -0.15) is 0 Å². The first-order valence-corrected chi connectivity index (χ1v) is 7.77. The summed E-state index contributed by atoms with van der Waals surface area (Å²) >= 11 is 0. The molecule has 1 aromatic carbocycles. The maximum atomic E-state index is 5.98. The number of para-hydroxylation sites is 1. The first-order chi connectivity index (χ1) is 10.2. The minimum atomic E-state index is 0.784. The lowest BCUT2D eigenvalue weighted by Crippen LogP contribution is -2.23. The van der Waals surface area contributed by atoms with Crippen LogP contribution in [0.3, 0.4) is 0 Å². The molecule has 3 heteroatoms. The smallest absolute Gasteiger partial charge is 0.123 e. The van der Waals surface area contributed by atoms with Crippen molar-refractivity contribution in [2.24, 2.45) is 0 Å². The summed E-state index contributed by atoms with van der Waals surface area (Å²) in [6.07, 6.45) is 2.39. The quantitative estimate of drug-likeness (QED) is 0.791. The molecule has 0 aliphatic carbocycles. The zero-order valence-corrected chi connectivity index (χ0v) is 13.4. The minimum absolute atomic E-state index is 0.784. The third-order valence-corrected chi connectivity index (χ3v) is 3.66. The van der Waals surface area contributed by atoms with E-state index in [-0.39, 0.29) is 0 Å². The van der Waals surface area contributed by atoms with Gasteiger partial charge in [0.1, 0.15) is 11.5 Å². The Morgan fingerprint density at radius 1 is 1.19 bits per heavy atom. The van der Waals surface area contributed by atoms with Gasteiger partial charge in [-0.05, 0) is 44.2 Å². The summed E-state index contributed by atoms with van der Waals surface area (Å²) in [6, 6.07) is 12.7. The Balaban J connectivity index is 2.13. The van der Waals surface area contributed by atoms with Crippen molar-refractivity contribution in [2.75, 3.05) is 18.5 Å². The van der Waals surface area contributed by atoms with E-state index < -0.39 is 0 Å². The molecule has 0 spiro atoms. The number of aryl methyl sites for hydroxylation is 1. The maximum absolute atomic E-state index is 5.98. The van der Waals surface area contributed by atoms with Crippen LogP contribution in [0.4, 0.5) is 5.69 Å². The lowest BCUT2D eigenvalue weighted by molar-refractivity contribution is 0.448. The molecular weight excluding hydrogens is 260 g/mol. The van der Waals surface area contributed by atoms with Crippen LogP contribution in [0, 0.1) is 6.92 Å². The molecular formula is C18H26N2O. The van der Waals surface area contributed by atoms with Crippen molar-refractivity contribution in [1.82, 2.24) is 5.32 Å². The molecule has 1 aromatic heterocycles. The summed E-state index contributed by atoms with van der Waals surface area (Å²) in [5.41, 5.74) is 2.48. The molecule has 0 bridgehead atoms. The summed E-state index contributed by atoms with van der Waals surface area (Å²) in [7, 11) is 1.94. The molecule has 21 heavy (non-hydrogen) atoms. The number of nitrogens with one attached hydrogen (secondary N) is 1. The van der Waals surface area contributed by atoms with E-state index in [1.54, 1.807) is 0 Å². The van der Waals surface area contributed by atoms with E-state index in [1.165, 1.54) is 24.1 Å². The van der Waals surface area contributed by atoms with Crippen LogP contribution in [-0.4, -0.2) is 13.6 Å². The largest absolute Gasteiger partial charge is 0.463 e. The first-order valence-electron chi connectivity index (χ1n) is 7.77. The molecule has 0 saturated heterocycles. The van der Waals surface area contributed by atoms with Crippen LogP contribution in [0.5, 0.6) is 0 Å². The Morgan fingerprint density at radius 3 is 2.62 bits per heavy atom. The second-order valence-corrected chi connectivity index (χ2v) is 5.46. The highest BCUT2D eigenvalue weighted by Crippen LogP contribution is 2.21. The predicted octanol–water partition coefficient (Wildman–Crippen LogP) is 4.11. The molecule has 1 heterocycles. The van der Waals surface area contributed by atoms with Crippen molar-refractivity contribution in [2.45, 2.75) is 39.8 Å². The third kappa shape index (κ3) is 4.36. The van der Waals surface area contributed by atoms with Gasteiger partial charge in [0.25, 0.3) is 0 Å². The highest BCUT2D eigenvalue weighted by molar-refractivity contribution is 5.46. The summed E-state index contributed by atoms with van der Waals surface area (Å²) in [5.74, 6) is 2.08. The molecule has 0 radical (unpaired) electrons. The van der Waals surface area contributed by atoms with Crippen molar-refractivity contribution >= 4 is 5.69 Å². The molecule has 0 unspecified atom stereocenters. The highest BCUT2D eigenvalue weighted by Gasteiger charge is 2.12. The highest BCUT2D eigenvalue weighted by atomic mass is 16.3. The van der Waals surface area contributed by atoms with Crippen molar-refractivity contribution < 1.29 is 4.42 Å². The fourth-order valence-corrected chi connectivity index (χ4v) is 2.48. The number of rotatable bonds is 8. The molecule has 2 aromatic rings. The zero-order chi connectivity index (χ0) is 15.1. The first kappa shape index (κ1) is 15.6. The number of hydrogen-bond acceptors (Lipinski definition) is 3. The van der Waals surface area contributed by atoms with Crippen molar-refractivity contribution in [3.05, 3.63) is 53.5 Å². The van der Waals surface area contributed by atoms with Gasteiger partial charge in [0.15, 0.2) is 0 Å². The van der Waals surface area contributed by atoms with Crippen LogP contribution >= 0.6 is 0 Å². The second kappa shape index (κ2) is 7.89. The fraction of sp³-hybridized carbons (Fsp3) is 0.444. The van der Waals surface area contributed by atoms with Gasteiger partial charge in [-0.25, -0.2) is 0 Å². The number of hydrogen-bond donors (Lipinski definition) is 1. The maximum Gasteiger partial charge on any atom is 0.123 e. The van der Waals surface area contributed by atoms with Crippen molar-refractivity contribution in [3.8, 4) is 0 Å². The third-order valence-electron chi connectivity index (χ3n) is 3.66. The van der Waals surface area contributed by atoms with Crippen LogP contribution < -0.4 is 10.2 Å². The lowest BCUT2D eigenvalue weighted by Gasteiger charge is -2.23. The number of benzene rings is 1. The van der Waals surface area contributed by atoms with E-state index in [1.807, 2.05) is 7.05 Å².